The summed E-state index contributed by atoms with van der Waals surface area (Å²) in [4.78, 5) is 12.4. The van der Waals surface area contributed by atoms with E-state index in [1.54, 1.807) is 12.1 Å². The van der Waals surface area contributed by atoms with Crippen LogP contribution >= 0.6 is 11.6 Å². The molecule has 1 fully saturated rings. The summed E-state index contributed by atoms with van der Waals surface area (Å²) in [5, 5.41) is 19.4. The van der Waals surface area contributed by atoms with Crippen molar-refractivity contribution in [3.8, 4) is 6.07 Å². The van der Waals surface area contributed by atoms with Crippen LogP contribution in [0, 0.1) is 23.7 Å². The van der Waals surface area contributed by atoms with Crippen molar-refractivity contribution in [1.29, 1.82) is 5.26 Å². The average molecular weight is 322 g/mol. The van der Waals surface area contributed by atoms with E-state index in [2.05, 4.69) is 6.07 Å². The van der Waals surface area contributed by atoms with Crippen LogP contribution in [0.5, 0.6) is 0 Å². The molecule has 0 spiro atoms. The topological polar surface area (TPSA) is 70.3 Å². The predicted molar refractivity (Wildman–Crippen MR) is 83.5 cm³/mol. The van der Waals surface area contributed by atoms with Crippen molar-refractivity contribution >= 4 is 17.4 Å². The first kappa shape index (κ1) is 17.0. The van der Waals surface area contributed by atoms with E-state index in [9.17, 15) is 15.2 Å². The summed E-state index contributed by atoms with van der Waals surface area (Å²) in [7, 11) is 0. The Balaban J connectivity index is 2.14. The normalized spacial score (nSPS) is 17.0. The van der Waals surface area contributed by atoms with Gasteiger partial charge >= 0.3 is 0 Å². The second kappa shape index (κ2) is 7.23. The number of aryl methyl sites for hydroxylation is 1. The first-order valence-electron chi connectivity index (χ1n) is 7.39. The number of benzene rings is 1. The van der Waals surface area contributed by atoms with Gasteiger partial charge in [-0.05, 0) is 48.6 Å². The Morgan fingerprint density at radius 1 is 1.45 bits per heavy atom. The predicted octanol–water partition coefficient (Wildman–Crippen LogP) is 2.96. The quantitative estimate of drug-likeness (QED) is 0.905. The molecule has 0 amide bonds. The second-order valence-electron chi connectivity index (χ2n) is 5.92. The average Bonchev–Trinajstić information content (AvgIpc) is 2.50. The summed E-state index contributed by atoms with van der Waals surface area (Å²) in [5.74, 6) is 0.0172. The fourth-order valence-corrected chi connectivity index (χ4v) is 3.26. The SMILES string of the molecule is Cc1cc(Cl)cc(CO)c1CC(=O)CC1(C#N)CCOCC1. The van der Waals surface area contributed by atoms with Gasteiger partial charge in [0.2, 0.25) is 0 Å². The molecule has 1 aliphatic rings. The van der Waals surface area contributed by atoms with E-state index < -0.39 is 5.41 Å². The molecule has 0 saturated carbocycles. The molecule has 4 nitrogen and oxygen atoms in total. The van der Waals surface area contributed by atoms with Gasteiger partial charge < -0.3 is 9.84 Å². The molecule has 2 rings (SSSR count). The maximum atomic E-state index is 12.4. The highest BCUT2D eigenvalue weighted by molar-refractivity contribution is 6.30. The maximum Gasteiger partial charge on any atom is 0.138 e. The number of Topliss-reactive ketones (excluding diaryl/α,β-unsaturated/α-hetero) is 1. The van der Waals surface area contributed by atoms with Crippen LogP contribution in [0.2, 0.25) is 5.02 Å². The van der Waals surface area contributed by atoms with Crippen molar-refractivity contribution in [3.63, 3.8) is 0 Å². The fourth-order valence-electron chi connectivity index (χ4n) is 2.96. The van der Waals surface area contributed by atoms with Gasteiger partial charge in [0.15, 0.2) is 0 Å². The number of aliphatic hydroxyl groups is 1. The number of ether oxygens (including phenoxy) is 1. The van der Waals surface area contributed by atoms with Crippen LogP contribution in [0.15, 0.2) is 12.1 Å². The van der Waals surface area contributed by atoms with E-state index in [1.165, 1.54) is 0 Å². The first-order chi connectivity index (χ1) is 10.5. The minimum absolute atomic E-state index is 0.0172. The summed E-state index contributed by atoms with van der Waals surface area (Å²) >= 11 is 5.98. The lowest BCUT2D eigenvalue weighted by Crippen LogP contribution is -2.31. The molecule has 0 unspecified atom stereocenters. The second-order valence-corrected chi connectivity index (χ2v) is 6.35. The summed E-state index contributed by atoms with van der Waals surface area (Å²) < 4.78 is 5.29. The highest BCUT2D eigenvalue weighted by atomic mass is 35.5. The third-order valence-corrected chi connectivity index (χ3v) is 4.52. The van der Waals surface area contributed by atoms with E-state index in [0.717, 1.165) is 11.1 Å². The van der Waals surface area contributed by atoms with Crippen LogP contribution in [0.25, 0.3) is 0 Å². The van der Waals surface area contributed by atoms with Crippen molar-refractivity contribution in [2.75, 3.05) is 13.2 Å². The van der Waals surface area contributed by atoms with Gasteiger partial charge in [0.05, 0.1) is 18.1 Å². The molecule has 1 aliphatic heterocycles. The van der Waals surface area contributed by atoms with Crippen LogP contribution < -0.4 is 0 Å². The minimum atomic E-state index is -0.602. The van der Waals surface area contributed by atoms with Gasteiger partial charge in [-0.1, -0.05) is 11.6 Å². The minimum Gasteiger partial charge on any atom is -0.392 e. The first-order valence-corrected chi connectivity index (χ1v) is 7.77. The number of halogens is 1. The molecule has 5 heteroatoms. The number of carbonyl (C=O) groups is 1. The Kier molecular flexibility index (Phi) is 5.57. The van der Waals surface area contributed by atoms with Crippen LogP contribution in [-0.2, 0) is 22.6 Å². The summed E-state index contributed by atoms with van der Waals surface area (Å²) in [6.45, 7) is 2.79. The molecule has 1 heterocycles. The monoisotopic (exact) mass is 321 g/mol. The standard InChI is InChI=1S/C17H20ClNO3/c1-12-6-14(18)7-13(10-20)16(12)8-15(21)9-17(11-19)2-4-22-5-3-17/h6-7,20H,2-5,8-10H2,1H3. The molecule has 22 heavy (non-hydrogen) atoms. The molecule has 0 bridgehead atoms. The Morgan fingerprint density at radius 3 is 2.73 bits per heavy atom. The van der Waals surface area contributed by atoms with Crippen LogP contribution in [0.4, 0.5) is 0 Å². The molecule has 0 radical (unpaired) electrons. The number of ketones is 1. The van der Waals surface area contributed by atoms with Gasteiger partial charge in [-0.3, -0.25) is 4.79 Å². The summed E-state index contributed by atoms with van der Waals surface area (Å²) in [6.07, 6.45) is 1.66. The van der Waals surface area contributed by atoms with Crippen molar-refractivity contribution in [2.24, 2.45) is 5.41 Å². The zero-order valence-electron chi connectivity index (χ0n) is 12.7. The fraction of sp³-hybridized carbons (Fsp3) is 0.529. The van der Waals surface area contributed by atoms with E-state index in [4.69, 9.17) is 16.3 Å². The maximum absolute atomic E-state index is 12.4. The number of hydrogen-bond acceptors (Lipinski definition) is 4. The van der Waals surface area contributed by atoms with Gasteiger partial charge in [-0.2, -0.15) is 5.26 Å². The van der Waals surface area contributed by atoms with E-state index >= 15 is 0 Å². The third kappa shape index (κ3) is 3.86. The van der Waals surface area contributed by atoms with E-state index in [0.29, 0.717) is 36.6 Å². The van der Waals surface area contributed by atoms with Gasteiger partial charge in [0, 0.05) is 31.1 Å². The van der Waals surface area contributed by atoms with Gasteiger partial charge in [0.25, 0.3) is 0 Å². The largest absolute Gasteiger partial charge is 0.392 e. The Hall–Kier alpha value is -1.41. The molecule has 118 valence electrons. The van der Waals surface area contributed by atoms with Crippen molar-refractivity contribution in [2.45, 2.75) is 39.2 Å². The van der Waals surface area contributed by atoms with Crippen molar-refractivity contribution in [3.05, 3.63) is 33.8 Å². The third-order valence-electron chi connectivity index (χ3n) is 4.30. The molecule has 0 atom stereocenters. The zero-order chi connectivity index (χ0) is 16.2. The number of hydrogen-bond donors (Lipinski definition) is 1. The zero-order valence-corrected chi connectivity index (χ0v) is 13.4. The lowest BCUT2D eigenvalue weighted by Gasteiger charge is -2.30. The Morgan fingerprint density at radius 2 is 2.14 bits per heavy atom. The molecule has 1 N–H and O–H groups in total. The molecule has 0 aromatic heterocycles. The summed E-state index contributed by atoms with van der Waals surface area (Å²) in [6, 6.07) is 5.79. The van der Waals surface area contributed by atoms with Gasteiger partial charge in [0.1, 0.15) is 5.78 Å². The van der Waals surface area contributed by atoms with Crippen molar-refractivity contribution < 1.29 is 14.6 Å². The molecule has 1 aromatic rings. The molecule has 1 aromatic carbocycles. The van der Waals surface area contributed by atoms with Crippen molar-refractivity contribution in [1.82, 2.24) is 0 Å². The number of nitriles is 1. The Labute approximate surface area is 135 Å². The number of nitrogens with zero attached hydrogens (tertiary/aromatic N) is 1. The molecular formula is C17H20ClNO3. The number of rotatable bonds is 5. The van der Waals surface area contributed by atoms with E-state index in [-0.39, 0.29) is 25.2 Å². The lowest BCUT2D eigenvalue weighted by atomic mass is 9.76. The van der Waals surface area contributed by atoms with Crippen LogP contribution in [0.1, 0.15) is 36.0 Å². The van der Waals surface area contributed by atoms with Crippen LogP contribution in [0.3, 0.4) is 0 Å². The van der Waals surface area contributed by atoms with Crippen LogP contribution in [-0.4, -0.2) is 24.1 Å². The van der Waals surface area contributed by atoms with Gasteiger partial charge in [-0.25, -0.2) is 0 Å². The lowest BCUT2D eigenvalue weighted by molar-refractivity contribution is -0.121. The highest BCUT2D eigenvalue weighted by Crippen LogP contribution is 2.34. The molecule has 1 saturated heterocycles. The summed E-state index contributed by atoms with van der Waals surface area (Å²) in [5.41, 5.74) is 1.78. The Bertz CT molecular complexity index is 601. The highest BCUT2D eigenvalue weighted by Gasteiger charge is 2.35. The number of carbonyl (C=O) groups excluding carboxylic acids is 1. The van der Waals surface area contributed by atoms with E-state index in [1.807, 2.05) is 6.92 Å². The number of aliphatic hydroxyl groups excluding tert-OH is 1. The van der Waals surface area contributed by atoms with Gasteiger partial charge in [-0.15, -0.1) is 0 Å². The smallest absolute Gasteiger partial charge is 0.138 e. The molecule has 0 aliphatic carbocycles. The molecular weight excluding hydrogens is 302 g/mol.